The average molecular weight is 709 g/mol. The highest BCUT2D eigenvalue weighted by molar-refractivity contribution is 6.36. The number of aromatic nitrogens is 4. The van der Waals surface area contributed by atoms with Gasteiger partial charge in [0.05, 0.1) is 11.4 Å². The molecule has 8 nitrogen and oxygen atoms in total. The van der Waals surface area contributed by atoms with Crippen LogP contribution in [0.5, 0.6) is 0 Å². The van der Waals surface area contributed by atoms with Crippen molar-refractivity contribution in [1.29, 1.82) is 0 Å². The summed E-state index contributed by atoms with van der Waals surface area (Å²) in [6, 6.07) is 14.2. The highest BCUT2D eigenvalue weighted by Crippen LogP contribution is 2.28. The van der Waals surface area contributed by atoms with E-state index in [1.165, 1.54) is 0 Å². The molecule has 0 atom stereocenters. The van der Waals surface area contributed by atoms with Crippen molar-refractivity contribution < 1.29 is 10.2 Å². The van der Waals surface area contributed by atoms with Crippen molar-refractivity contribution in [2.75, 3.05) is 36.9 Å². The summed E-state index contributed by atoms with van der Waals surface area (Å²) in [6.07, 6.45) is 2.18. The van der Waals surface area contributed by atoms with E-state index in [1.54, 1.807) is 48.5 Å². The van der Waals surface area contributed by atoms with Gasteiger partial charge in [-0.15, -0.1) is 0 Å². The molecule has 2 aromatic heterocycles. The first-order chi connectivity index (χ1) is 20.2. The molecule has 14 heteroatoms. The van der Waals surface area contributed by atoms with Crippen molar-refractivity contribution >= 4 is 81.4 Å². The zero-order chi connectivity index (χ0) is 30.5. The lowest BCUT2D eigenvalue weighted by Crippen LogP contribution is -2.08. The number of rotatable bonds is 12. The van der Waals surface area contributed by atoms with Gasteiger partial charge in [-0.3, -0.25) is 0 Å². The lowest BCUT2D eigenvalue weighted by Gasteiger charge is -2.09. The van der Waals surface area contributed by atoms with Crippen LogP contribution < -0.4 is 10.6 Å². The quantitative estimate of drug-likeness (QED) is 0.0661. The van der Waals surface area contributed by atoms with E-state index < -0.39 is 0 Å². The number of aliphatic hydroxyl groups excluding tert-OH is 2. The van der Waals surface area contributed by atoms with Gasteiger partial charge in [-0.2, -0.15) is 0 Å². The molecule has 0 aliphatic carbocycles. The Morgan fingerprint density at radius 2 is 1.09 bits per heavy atom. The number of hydrogen-bond donors (Lipinski definition) is 4. The molecule has 0 bridgehead atoms. The molecule has 2 aromatic carbocycles. The van der Waals surface area contributed by atoms with Gasteiger partial charge in [0.2, 0.25) is 11.2 Å². The number of halogens is 6. The number of anilines is 2. The second-order valence-electron chi connectivity index (χ2n) is 8.78. The molecule has 0 aliphatic heterocycles. The Morgan fingerprint density at radius 3 is 1.60 bits per heavy atom. The first-order valence-electron chi connectivity index (χ1n) is 12.8. The lowest BCUT2D eigenvalue weighted by molar-refractivity contribution is 0.292. The minimum atomic E-state index is 0. The second-order valence-corrected chi connectivity index (χ2v) is 11.1. The number of benzene rings is 2. The van der Waals surface area contributed by atoms with Gasteiger partial charge >= 0.3 is 0 Å². The SMILES string of the molecule is C.OCCCNc1cc(Cc2c(Cl)cccc2Cl)nc(Cl)n1.OCCCNc1nc(Cl)cc(Cc2c(Cl)cccc2Cl)n1. The van der Waals surface area contributed by atoms with E-state index in [-0.39, 0.29) is 25.9 Å². The van der Waals surface area contributed by atoms with E-state index in [4.69, 9.17) is 79.8 Å². The van der Waals surface area contributed by atoms with Crippen molar-refractivity contribution in [3.63, 3.8) is 0 Å². The number of aliphatic hydroxyl groups is 2. The largest absolute Gasteiger partial charge is 0.396 e. The van der Waals surface area contributed by atoms with Gasteiger partial charge in [0.25, 0.3) is 0 Å². The van der Waals surface area contributed by atoms with Gasteiger partial charge in [-0.25, -0.2) is 19.9 Å². The third-order valence-electron chi connectivity index (χ3n) is 5.60. The minimum absolute atomic E-state index is 0. The van der Waals surface area contributed by atoms with Gasteiger partial charge < -0.3 is 20.8 Å². The van der Waals surface area contributed by atoms with Crippen LogP contribution in [0.3, 0.4) is 0 Å². The van der Waals surface area contributed by atoms with Crippen LogP contribution in [0.1, 0.15) is 42.8 Å². The third kappa shape index (κ3) is 12.4. The molecule has 0 amide bonds. The van der Waals surface area contributed by atoms with Crippen LogP contribution in [0.25, 0.3) is 0 Å². The summed E-state index contributed by atoms with van der Waals surface area (Å²) in [5.74, 6) is 1.04. The highest BCUT2D eigenvalue weighted by atomic mass is 35.5. The molecule has 4 rings (SSSR count). The van der Waals surface area contributed by atoms with E-state index in [2.05, 4.69) is 30.6 Å². The molecule has 4 aromatic rings. The fourth-order valence-electron chi connectivity index (χ4n) is 3.62. The maximum absolute atomic E-state index is 8.78. The molecule has 0 saturated carbocycles. The molecule has 0 spiro atoms. The average Bonchev–Trinajstić information content (AvgIpc) is 2.93. The topological polar surface area (TPSA) is 116 Å². The molecular weight excluding hydrogens is 677 g/mol. The number of nitrogens with one attached hydrogen (secondary N) is 2. The fourth-order valence-corrected chi connectivity index (χ4v) is 5.09. The Morgan fingerprint density at radius 1 is 0.605 bits per heavy atom. The summed E-state index contributed by atoms with van der Waals surface area (Å²) in [7, 11) is 0. The van der Waals surface area contributed by atoms with Crippen molar-refractivity contribution in [2.45, 2.75) is 33.1 Å². The van der Waals surface area contributed by atoms with Crippen LogP contribution in [0.15, 0.2) is 48.5 Å². The standard InChI is InChI=1S/2C14H14Cl3N3O.CH4/c15-11-3-1-4-12(16)10(11)7-9-8-13(18-5-2-6-21)20-14(17)19-9;15-11-3-1-4-12(16)10(11)7-9-8-13(17)20-14(19-9)18-5-2-6-21;/h2*1,3-4,8,21H,2,5-7H2,(H,18,19,20);1H4. The number of nitrogens with zero attached hydrogens (tertiary/aromatic N) is 4. The Labute approximate surface area is 281 Å². The summed E-state index contributed by atoms with van der Waals surface area (Å²) in [5, 5.41) is 26.5. The van der Waals surface area contributed by atoms with Gasteiger partial charge in [0, 0.05) is 65.3 Å². The summed E-state index contributed by atoms with van der Waals surface area (Å²) in [5.41, 5.74) is 3.04. The molecule has 0 radical (unpaired) electrons. The minimum Gasteiger partial charge on any atom is -0.396 e. The molecule has 4 N–H and O–H groups in total. The van der Waals surface area contributed by atoms with E-state index >= 15 is 0 Å². The molecule has 232 valence electrons. The summed E-state index contributed by atoms with van der Waals surface area (Å²) >= 11 is 36.6. The monoisotopic (exact) mass is 706 g/mol. The predicted molar refractivity (Wildman–Crippen MR) is 180 cm³/mol. The first kappa shape index (κ1) is 37.0. The smallest absolute Gasteiger partial charge is 0.224 e. The van der Waals surface area contributed by atoms with Gasteiger partial charge in [0.15, 0.2) is 0 Å². The van der Waals surface area contributed by atoms with Gasteiger partial charge in [-0.05, 0) is 65.9 Å². The Bertz CT molecular complexity index is 1310. The van der Waals surface area contributed by atoms with Crippen LogP contribution in [-0.2, 0) is 12.8 Å². The first-order valence-corrected chi connectivity index (χ1v) is 15.1. The molecule has 43 heavy (non-hydrogen) atoms. The number of hydrogen-bond acceptors (Lipinski definition) is 8. The van der Waals surface area contributed by atoms with E-state index in [0.717, 1.165) is 22.5 Å². The molecular formula is C29H32Cl6N6O2. The van der Waals surface area contributed by atoms with E-state index in [1.807, 2.05) is 0 Å². The second kappa shape index (κ2) is 19.3. The van der Waals surface area contributed by atoms with E-state index in [0.29, 0.717) is 75.8 Å². The van der Waals surface area contributed by atoms with Crippen molar-refractivity contribution in [1.82, 2.24) is 19.9 Å². The van der Waals surface area contributed by atoms with Crippen molar-refractivity contribution in [3.05, 3.63) is 102 Å². The van der Waals surface area contributed by atoms with Crippen LogP contribution in [-0.4, -0.2) is 56.5 Å². The third-order valence-corrected chi connectivity index (χ3v) is 7.38. The van der Waals surface area contributed by atoms with Crippen LogP contribution in [0.4, 0.5) is 11.8 Å². The van der Waals surface area contributed by atoms with Crippen molar-refractivity contribution in [2.24, 2.45) is 0 Å². The van der Waals surface area contributed by atoms with Crippen LogP contribution in [0.2, 0.25) is 30.5 Å². The van der Waals surface area contributed by atoms with Gasteiger partial charge in [0.1, 0.15) is 11.0 Å². The molecule has 0 fully saturated rings. The lowest BCUT2D eigenvalue weighted by atomic mass is 10.1. The van der Waals surface area contributed by atoms with Crippen LogP contribution >= 0.6 is 69.6 Å². The normalized spacial score (nSPS) is 10.4. The molecule has 0 aliphatic rings. The van der Waals surface area contributed by atoms with Crippen molar-refractivity contribution in [3.8, 4) is 0 Å². The Hall–Kier alpha value is -2.14. The van der Waals surface area contributed by atoms with E-state index in [9.17, 15) is 0 Å². The Balaban J connectivity index is 0.000000293. The summed E-state index contributed by atoms with van der Waals surface area (Å²) < 4.78 is 0. The fraction of sp³-hybridized carbons (Fsp3) is 0.310. The maximum Gasteiger partial charge on any atom is 0.224 e. The molecule has 0 unspecified atom stereocenters. The zero-order valence-electron chi connectivity index (χ0n) is 22.2. The predicted octanol–water partition coefficient (Wildman–Crippen LogP) is 8.28. The Kier molecular flexibility index (Phi) is 16.6. The summed E-state index contributed by atoms with van der Waals surface area (Å²) in [6.45, 7) is 1.41. The maximum atomic E-state index is 8.78. The molecule has 0 saturated heterocycles. The highest BCUT2D eigenvalue weighted by Gasteiger charge is 2.11. The zero-order valence-corrected chi connectivity index (χ0v) is 26.8. The van der Waals surface area contributed by atoms with Gasteiger partial charge in [-0.1, -0.05) is 77.6 Å². The molecule has 2 heterocycles. The summed E-state index contributed by atoms with van der Waals surface area (Å²) in [4.78, 5) is 16.7. The van der Waals surface area contributed by atoms with Crippen LogP contribution in [0, 0.1) is 0 Å².